The summed E-state index contributed by atoms with van der Waals surface area (Å²) < 4.78 is 11.1. The molecule has 0 aliphatic carbocycles. The van der Waals surface area contributed by atoms with Crippen LogP contribution in [-0.2, 0) is 4.74 Å². The van der Waals surface area contributed by atoms with Crippen molar-refractivity contribution in [1.29, 1.82) is 0 Å². The highest BCUT2D eigenvalue weighted by Crippen LogP contribution is 2.18. The Bertz CT molecular complexity index is 273. The summed E-state index contributed by atoms with van der Waals surface area (Å²) in [5.41, 5.74) is 1.27. The van der Waals surface area contributed by atoms with Crippen LogP contribution in [0.3, 0.4) is 0 Å². The summed E-state index contributed by atoms with van der Waals surface area (Å²) in [5, 5.41) is 0. The topological polar surface area (TPSA) is 18.5 Å². The minimum atomic E-state index is 0.339. The van der Waals surface area contributed by atoms with E-state index in [1.165, 1.54) is 5.56 Å². The van der Waals surface area contributed by atoms with Gasteiger partial charge in [-0.1, -0.05) is 31.5 Å². The maximum absolute atomic E-state index is 5.83. The number of hydrogen-bond acceptors (Lipinski definition) is 2. The van der Waals surface area contributed by atoms with E-state index < -0.39 is 0 Å². The maximum atomic E-state index is 5.83. The second kappa shape index (κ2) is 7.29. The van der Waals surface area contributed by atoms with Gasteiger partial charge in [-0.15, -0.1) is 0 Å². The summed E-state index contributed by atoms with van der Waals surface area (Å²) in [6, 6.07) is 8.22. The molecule has 2 rings (SSSR count). The highest BCUT2D eigenvalue weighted by molar-refractivity contribution is 5.26. The van der Waals surface area contributed by atoms with E-state index in [0.29, 0.717) is 6.10 Å². The van der Waals surface area contributed by atoms with Gasteiger partial charge in [-0.3, -0.25) is 0 Å². The molecule has 0 bridgehead atoms. The molecule has 1 fully saturated rings. The van der Waals surface area contributed by atoms with Crippen molar-refractivity contribution in [2.75, 3.05) is 13.2 Å². The molecule has 1 heterocycles. The summed E-state index contributed by atoms with van der Waals surface area (Å²) in [7, 11) is 0. The Hall–Kier alpha value is -1.02. The molecule has 0 unspecified atom stereocenters. The minimum absolute atomic E-state index is 0.339. The van der Waals surface area contributed by atoms with E-state index in [9.17, 15) is 0 Å². The second-order valence-electron chi connectivity index (χ2n) is 3.74. The zero-order chi connectivity index (χ0) is 11.8. The number of rotatable bonds is 2. The number of ether oxygens (including phenoxy) is 2. The molecule has 1 aliphatic heterocycles. The average molecular weight is 222 g/mol. The van der Waals surface area contributed by atoms with Gasteiger partial charge < -0.3 is 9.47 Å². The third-order valence-electron chi connectivity index (χ3n) is 2.49. The normalized spacial score (nSPS) is 16.2. The molecule has 1 saturated heterocycles. The molecule has 2 nitrogen and oxygen atoms in total. The Balaban J connectivity index is 0.000000606. The lowest BCUT2D eigenvalue weighted by Gasteiger charge is -2.23. The monoisotopic (exact) mass is 222 g/mol. The zero-order valence-corrected chi connectivity index (χ0v) is 10.5. The third-order valence-corrected chi connectivity index (χ3v) is 2.49. The Morgan fingerprint density at radius 3 is 2.19 bits per heavy atom. The van der Waals surface area contributed by atoms with Crippen LogP contribution in [0.1, 0.15) is 32.3 Å². The maximum Gasteiger partial charge on any atom is 0.119 e. The highest BCUT2D eigenvalue weighted by Gasteiger charge is 2.14. The standard InChI is InChI=1S/C12H16O2.C2H6/c1-10-2-4-11(5-3-10)14-12-6-8-13-9-7-12;1-2/h2-5,12H,6-9H2,1H3;1-2H3. The summed E-state index contributed by atoms with van der Waals surface area (Å²) >= 11 is 0. The second-order valence-corrected chi connectivity index (χ2v) is 3.74. The van der Waals surface area contributed by atoms with Crippen LogP contribution in [0.15, 0.2) is 24.3 Å². The lowest BCUT2D eigenvalue weighted by Crippen LogP contribution is -2.25. The van der Waals surface area contributed by atoms with E-state index in [2.05, 4.69) is 19.1 Å². The fourth-order valence-corrected chi connectivity index (χ4v) is 1.60. The molecule has 0 aromatic heterocycles. The lowest BCUT2D eigenvalue weighted by atomic mass is 10.1. The van der Waals surface area contributed by atoms with Crippen LogP contribution in [0, 0.1) is 6.92 Å². The summed E-state index contributed by atoms with van der Waals surface area (Å²) in [6.07, 6.45) is 2.35. The van der Waals surface area contributed by atoms with Crippen molar-refractivity contribution < 1.29 is 9.47 Å². The van der Waals surface area contributed by atoms with Gasteiger partial charge in [-0.2, -0.15) is 0 Å². The first kappa shape index (κ1) is 13.0. The third kappa shape index (κ3) is 4.23. The molecule has 2 heteroatoms. The molecule has 0 amide bonds. The Morgan fingerprint density at radius 1 is 1.06 bits per heavy atom. The van der Waals surface area contributed by atoms with Crippen molar-refractivity contribution in [3.63, 3.8) is 0 Å². The number of hydrogen-bond donors (Lipinski definition) is 0. The van der Waals surface area contributed by atoms with Gasteiger partial charge in [0, 0.05) is 12.8 Å². The van der Waals surface area contributed by atoms with Crippen LogP contribution < -0.4 is 4.74 Å². The van der Waals surface area contributed by atoms with Crippen molar-refractivity contribution in [3.05, 3.63) is 29.8 Å². The van der Waals surface area contributed by atoms with Gasteiger partial charge in [0.2, 0.25) is 0 Å². The summed E-state index contributed by atoms with van der Waals surface area (Å²) in [6.45, 7) is 7.74. The van der Waals surface area contributed by atoms with Crippen LogP contribution in [0.2, 0.25) is 0 Å². The molecule has 1 aliphatic rings. The fourth-order valence-electron chi connectivity index (χ4n) is 1.60. The molecule has 0 spiro atoms. The van der Waals surface area contributed by atoms with Gasteiger partial charge in [0.1, 0.15) is 11.9 Å². The van der Waals surface area contributed by atoms with Gasteiger partial charge in [0.25, 0.3) is 0 Å². The van der Waals surface area contributed by atoms with Crippen LogP contribution >= 0.6 is 0 Å². The van der Waals surface area contributed by atoms with Crippen molar-refractivity contribution in [2.24, 2.45) is 0 Å². The Morgan fingerprint density at radius 2 is 1.62 bits per heavy atom. The van der Waals surface area contributed by atoms with Crippen LogP contribution in [0.4, 0.5) is 0 Å². The van der Waals surface area contributed by atoms with Gasteiger partial charge >= 0.3 is 0 Å². The molecule has 0 radical (unpaired) electrons. The molecule has 0 saturated carbocycles. The average Bonchev–Trinajstić information content (AvgIpc) is 2.36. The van der Waals surface area contributed by atoms with Gasteiger partial charge in [0.15, 0.2) is 0 Å². The molecule has 16 heavy (non-hydrogen) atoms. The molecule has 90 valence electrons. The zero-order valence-electron chi connectivity index (χ0n) is 10.5. The smallest absolute Gasteiger partial charge is 0.119 e. The molecular formula is C14H22O2. The molecule has 0 atom stereocenters. The first-order valence-electron chi connectivity index (χ1n) is 6.16. The van der Waals surface area contributed by atoms with Crippen molar-refractivity contribution in [3.8, 4) is 5.75 Å². The summed E-state index contributed by atoms with van der Waals surface area (Å²) in [4.78, 5) is 0. The van der Waals surface area contributed by atoms with E-state index in [0.717, 1.165) is 31.8 Å². The first-order chi connectivity index (χ1) is 7.84. The molecule has 0 N–H and O–H groups in total. The molecule has 1 aromatic carbocycles. The minimum Gasteiger partial charge on any atom is -0.490 e. The van der Waals surface area contributed by atoms with Crippen molar-refractivity contribution in [2.45, 2.75) is 39.7 Å². The van der Waals surface area contributed by atoms with Crippen LogP contribution in [-0.4, -0.2) is 19.3 Å². The van der Waals surface area contributed by atoms with Gasteiger partial charge in [-0.25, -0.2) is 0 Å². The first-order valence-corrected chi connectivity index (χ1v) is 6.16. The van der Waals surface area contributed by atoms with Gasteiger partial charge in [-0.05, 0) is 19.1 Å². The Labute approximate surface area is 98.6 Å². The van der Waals surface area contributed by atoms with Crippen LogP contribution in [0.5, 0.6) is 5.75 Å². The quantitative estimate of drug-likeness (QED) is 0.761. The van der Waals surface area contributed by atoms with E-state index in [4.69, 9.17) is 9.47 Å². The predicted octanol–water partition coefficient (Wildman–Crippen LogP) is 3.58. The van der Waals surface area contributed by atoms with E-state index in [-0.39, 0.29) is 0 Å². The summed E-state index contributed by atoms with van der Waals surface area (Å²) in [5.74, 6) is 0.975. The number of benzene rings is 1. The predicted molar refractivity (Wildman–Crippen MR) is 67.0 cm³/mol. The van der Waals surface area contributed by atoms with Crippen molar-refractivity contribution in [1.82, 2.24) is 0 Å². The van der Waals surface area contributed by atoms with Crippen LogP contribution in [0.25, 0.3) is 0 Å². The molecule has 1 aromatic rings. The lowest BCUT2D eigenvalue weighted by molar-refractivity contribution is 0.0255. The molecular weight excluding hydrogens is 200 g/mol. The highest BCUT2D eigenvalue weighted by atomic mass is 16.5. The SMILES string of the molecule is CC.Cc1ccc(OC2CCOCC2)cc1. The van der Waals surface area contributed by atoms with Crippen molar-refractivity contribution >= 4 is 0 Å². The largest absolute Gasteiger partial charge is 0.490 e. The van der Waals surface area contributed by atoms with Gasteiger partial charge in [0.05, 0.1) is 13.2 Å². The van der Waals surface area contributed by atoms with E-state index in [1.54, 1.807) is 0 Å². The van der Waals surface area contributed by atoms with E-state index >= 15 is 0 Å². The fraction of sp³-hybridized carbons (Fsp3) is 0.571. The van der Waals surface area contributed by atoms with E-state index in [1.807, 2.05) is 26.0 Å². The number of aryl methyl sites for hydroxylation is 1. The Kier molecular flexibility index (Phi) is 5.94.